The minimum absolute atomic E-state index is 0.117. The number of rotatable bonds is 25. The van der Waals surface area contributed by atoms with Gasteiger partial charge in [0.2, 0.25) is 59.1 Å². The first-order valence-corrected chi connectivity index (χ1v) is 60.5. The van der Waals surface area contributed by atoms with E-state index in [-0.39, 0.29) is 28.6 Å². The summed E-state index contributed by atoms with van der Waals surface area (Å²) in [6, 6.07) is 0. The van der Waals surface area contributed by atoms with Gasteiger partial charge in [-0.1, -0.05) is 263 Å². The van der Waals surface area contributed by atoms with Crippen LogP contribution >= 0.6 is 0 Å². The zero-order valence-corrected chi connectivity index (χ0v) is 102. The van der Waals surface area contributed by atoms with Crippen LogP contribution in [0.25, 0.3) is 0 Å². The van der Waals surface area contributed by atoms with Gasteiger partial charge in [-0.3, -0.25) is 47.9 Å². The van der Waals surface area contributed by atoms with Crippen LogP contribution in [-0.2, 0) is 47.9 Å². The van der Waals surface area contributed by atoms with Crippen molar-refractivity contribution in [1.82, 2.24) is 49.0 Å². The number of hydrogen-bond acceptors (Lipinski definition) is 10. The van der Waals surface area contributed by atoms with Gasteiger partial charge in [0.1, 0.15) is 0 Å². The Morgan fingerprint density at radius 1 is 0.248 bits per heavy atom. The Hall–Kier alpha value is -5.30. The minimum Gasteiger partial charge on any atom is -0.343 e. The van der Waals surface area contributed by atoms with Crippen LogP contribution in [-0.4, -0.2) is 239 Å². The fourth-order valence-electron chi connectivity index (χ4n) is 22.1. The molecule has 0 bridgehead atoms. The predicted octanol–water partition coefficient (Wildman–Crippen LogP) is 27.9. The molecule has 20 heteroatoms. The SMILES string of the molecule is CC(=O)N1CCC(C(C)C)CC1.CC(C)C(=O)N1CCC(C(C)C)CC1.CC(C)C1CCN(C(=O)C(C)(C)C)CC1.CC(C)C1CCN(C(=O)CC(C)(C)C)CC1.CC(C)CC(=O)N1CCC(C(C)C)CC1.CC(C)CCC(=O)N1CCC(C(C)C)CC1.CCC(=O)N1CCC(C(C)C)CC1.CCC(C)C(=O)N1CCC(C(C)C)CC1.CCCC(=O)N1CCC(C(C)C)CC1.CCCCC(=O)N1CCC(C(C)C)CC1. The Balaban J connectivity index is 0.000000806. The van der Waals surface area contributed by atoms with Gasteiger partial charge in [-0.2, -0.15) is 0 Å². The molecular formula is C125H240N10O10. The van der Waals surface area contributed by atoms with Crippen molar-refractivity contribution in [3.05, 3.63) is 0 Å². The number of hydrogen-bond donors (Lipinski definition) is 0. The second kappa shape index (κ2) is 73.1. The lowest BCUT2D eigenvalue weighted by atomic mass is 9.85. The highest BCUT2D eigenvalue weighted by atomic mass is 16.2. The topological polar surface area (TPSA) is 203 Å². The molecule has 0 saturated carbocycles. The van der Waals surface area contributed by atoms with E-state index in [1.807, 2.05) is 73.0 Å². The Labute approximate surface area is 896 Å². The molecule has 0 N–H and O–H groups in total. The highest BCUT2D eigenvalue weighted by Crippen LogP contribution is 2.36. The molecule has 0 radical (unpaired) electrons. The molecule has 850 valence electrons. The van der Waals surface area contributed by atoms with Crippen LogP contribution < -0.4 is 0 Å². The number of nitrogens with zero attached hydrogens (tertiary/aromatic N) is 10. The first kappa shape index (κ1) is 138. The summed E-state index contributed by atoms with van der Waals surface area (Å²) in [4.78, 5) is 138. The van der Waals surface area contributed by atoms with E-state index in [0.29, 0.717) is 84.3 Å². The molecule has 1 unspecified atom stereocenters. The van der Waals surface area contributed by atoms with Crippen molar-refractivity contribution in [3.63, 3.8) is 0 Å². The van der Waals surface area contributed by atoms with Gasteiger partial charge in [-0.25, -0.2) is 0 Å². The van der Waals surface area contributed by atoms with Crippen molar-refractivity contribution in [1.29, 1.82) is 0 Å². The fourth-order valence-corrected chi connectivity index (χ4v) is 22.1. The quantitative estimate of drug-likeness (QED) is 0.0846. The molecule has 1 atom stereocenters. The molecular weight excluding hydrogens is 1800 g/mol. The van der Waals surface area contributed by atoms with E-state index in [0.717, 1.165) is 301 Å². The Bertz CT molecular complexity index is 3460. The number of unbranched alkanes of at least 4 members (excludes halogenated alkanes) is 1. The molecule has 10 saturated heterocycles. The van der Waals surface area contributed by atoms with Crippen molar-refractivity contribution < 1.29 is 47.9 Å². The highest BCUT2D eigenvalue weighted by molar-refractivity contribution is 5.82. The van der Waals surface area contributed by atoms with E-state index < -0.39 is 0 Å². The molecule has 10 rings (SSSR count). The lowest BCUT2D eigenvalue weighted by Gasteiger charge is -2.37. The average molecular weight is 2040 g/mol. The maximum absolute atomic E-state index is 12.0. The molecule has 0 aliphatic carbocycles. The summed E-state index contributed by atoms with van der Waals surface area (Å²) in [5.74, 6) is 20.8. The van der Waals surface area contributed by atoms with Crippen LogP contribution in [0.3, 0.4) is 0 Å². The monoisotopic (exact) mass is 2040 g/mol. The molecule has 0 aromatic carbocycles. The third kappa shape index (κ3) is 56.8. The second-order valence-electron chi connectivity index (χ2n) is 52.7. The van der Waals surface area contributed by atoms with E-state index in [9.17, 15) is 47.9 Å². The smallest absolute Gasteiger partial charge is 0.227 e. The molecule has 10 aliphatic heterocycles. The first-order chi connectivity index (χ1) is 67.7. The molecule has 0 spiro atoms. The summed E-state index contributed by atoms with van der Waals surface area (Å²) < 4.78 is 0. The minimum atomic E-state index is -0.218. The lowest BCUT2D eigenvalue weighted by molar-refractivity contribution is -0.141. The van der Waals surface area contributed by atoms with Crippen molar-refractivity contribution >= 4 is 59.1 Å². The molecule has 10 heterocycles. The zero-order valence-electron chi connectivity index (χ0n) is 102. The third-order valence-electron chi connectivity index (χ3n) is 34.2. The van der Waals surface area contributed by atoms with Crippen molar-refractivity contribution in [2.24, 2.45) is 153 Å². The van der Waals surface area contributed by atoms with Crippen molar-refractivity contribution in [3.8, 4) is 0 Å². The highest BCUT2D eigenvalue weighted by Gasteiger charge is 2.36. The molecule has 0 aromatic heterocycles. The summed E-state index contributed by atoms with van der Waals surface area (Å²) in [7, 11) is 0. The van der Waals surface area contributed by atoms with Crippen molar-refractivity contribution in [2.45, 2.75) is 462 Å². The van der Waals surface area contributed by atoms with Crippen LogP contribution in [0.4, 0.5) is 0 Å². The summed E-state index contributed by atoms with van der Waals surface area (Å²) >= 11 is 0. The van der Waals surface area contributed by atoms with Gasteiger partial charge in [0.25, 0.3) is 0 Å². The third-order valence-corrected chi connectivity index (χ3v) is 34.2. The molecule has 10 fully saturated rings. The number of amides is 10. The molecule has 20 nitrogen and oxygen atoms in total. The van der Waals surface area contributed by atoms with Crippen LogP contribution in [0.2, 0.25) is 0 Å². The van der Waals surface area contributed by atoms with Crippen molar-refractivity contribution in [2.75, 3.05) is 131 Å². The zero-order chi connectivity index (χ0) is 110. The summed E-state index contributed by atoms with van der Waals surface area (Å²) in [6.45, 7) is 102. The Kier molecular flexibility index (Phi) is 69.4. The predicted molar refractivity (Wildman–Crippen MR) is 613 cm³/mol. The average Bonchev–Trinajstić information content (AvgIpc) is 0.839. The first-order valence-electron chi connectivity index (χ1n) is 60.5. The van der Waals surface area contributed by atoms with Gasteiger partial charge < -0.3 is 49.0 Å². The van der Waals surface area contributed by atoms with Gasteiger partial charge in [0, 0.05) is 194 Å². The number of carbonyl (C=O) groups is 10. The largest absolute Gasteiger partial charge is 0.343 e. The molecule has 0 aromatic rings. The van der Waals surface area contributed by atoms with Gasteiger partial charge in [0.05, 0.1) is 0 Å². The summed E-state index contributed by atoms with van der Waals surface area (Å²) in [5.41, 5.74) is -0.101. The van der Waals surface area contributed by atoms with E-state index in [2.05, 4.69) is 232 Å². The van der Waals surface area contributed by atoms with E-state index in [1.54, 1.807) is 6.92 Å². The molecule has 10 aliphatic rings. The maximum atomic E-state index is 12.0. The van der Waals surface area contributed by atoms with Crippen LogP contribution in [0.1, 0.15) is 462 Å². The van der Waals surface area contributed by atoms with Gasteiger partial charge in [0.15, 0.2) is 0 Å². The maximum Gasteiger partial charge on any atom is 0.227 e. The standard InChI is InChI=1S/2C14H27NO.4C13H25NO.2C12H23NO.C11H21NO.C10H19NO/c1-11(2)12-6-8-15(9-7-12)13(16)10-14(3,4)5;1-11(2)5-6-14(16)15-9-7-13(8-10-15)12(3)4;1-10(2)11-6-8-14(9-7-11)12(15)13(3,4)5;1-10(2)9-13(15)14-7-5-12(6-8-14)11(3)4;1-5-11(4)13(15)14-8-6-12(7-9-14)10(2)3;1-4-5-6-13(15)14-9-7-12(8-10-14)11(2)3;1-9(2)11-5-7-13(8-6-11)12(14)10(3)4;1-4-5-12(14)13-8-6-11(7-9-13)10(2)3;1-4-11(13)12-7-5-10(6-8-12)9(2)3;1-8(2)10-4-6-11(7-5-10)9(3)12/h11-12H,6-10H2,1-5H3;11-13H,5-10H2,1-4H3;10-11H,6-9H2,1-5H3;2*10-12H,5-9H2,1-4H3;11-12H,4-10H2,1-3H3;9-11H,5-8H2,1-4H3;10-11H,4-9H2,1-3H3;9-10H,4-8H2,1-3H3;8,10H,4-7H2,1-3H3. The Morgan fingerprint density at radius 3 is 0.690 bits per heavy atom. The molecule has 10 amide bonds. The van der Waals surface area contributed by atoms with E-state index in [4.69, 9.17) is 0 Å². The Morgan fingerprint density at radius 2 is 0.476 bits per heavy atom. The summed E-state index contributed by atoms with van der Waals surface area (Å²) in [6.07, 6.45) is 33.3. The van der Waals surface area contributed by atoms with Gasteiger partial charge >= 0.3 is 0 Å². The molecule has 145 heavy (non-hydrogen) atoms. The van der Waals surface area contributed by atoms with E-state index in [1.165, 1.54) is 128 Å². The van der Waals surface area contributed by atoms with Gasteiger partial charge in [-0.15, -0.1) is 0 Å². The van der Waals surface area contributed by atoms with Crippen LogP contribution in [0.15, 0.2) is 0 Å². The fraction of sp³-hybridized carbons (Fsp3) is 0.920. The number of piperidine rings is 10. The number of carbonyl (C=O) groups excluding carboxylic acids is 10. The number of likely N-dealkylation sites (tertiary alicyclic amines) is 10. The van der Waals surface area contributed by atoms with Crippen LogP contribution in [0.5, 0.6) is 0 Å². The lowest BCUT2D eigenvalue weighted by Crippen LogP contribution is -2.44. The second-order valence-corrected chi connectivity index (χ2v) is 52.7. The summed E-state index contributed by atoms with van der Waals surface area (Å²) in [5, 5.41) is 0. The van der Waals surface area contributed by atoms with Crippen LogP contribution in [0, 0.1) is 153 Å². The van der Waals surface area contributed by atoms with E-state index >= 15 is 0 Å². The normalized spacial score (nSPS) is 19.4. The van der Waals surface area contributed by atoms with Gasteiger partial charge in [-0.05, 0) is 290 Å².